The zero-order valence-corrected chi connectivity index (χ0v) is 10.9. The molecule has 0 saturated carbocycles. The van der Waals surface area contributed by atoms with Crippen LogP contribution >= 0.6 is 0 Å². The molecule has 0 spiro atoms. The van der Waals surface area contributed by atoms with Crippen molar-refractivity contribution in [3.63, 3.8) is 0 Å². The standard InChI is InChI=1S/C12H26N2O/c1-8(2)11(9(3)4)7-13-12(15)14-10(5)6/h8-11H,7H2,1-6H3,(H2,13,14,15). The predicted molar refractivity (Wildman–Crippen MR) is 64.8 cm³/mol. The lowest BCUT2D eigenvalue weighted by Gasteiger charge is -2.25. The molecule has 0 rings (SSSR count). The Bertz CT molecular complexity index is 180. The van der Waals surface area contributed by atoms with E-state index in [1.165, 1.54) is 0 Å². The molecule has 0 aromatic carbocycles. The SMILES string of the molecule is CC(C)NC(=O)NCC(C(C)C)C(C)C. The highest BCUT2D eigenvalue weighted by Gasteiger charge is 2.18. The van der Waals surface area contributed by atoms with Crippen LogP contribution in [0.15, 0.2) is 0 Å². The van der Waals surface area contributed by atoms with Gasteiger partial charge in [-0.15, -0.1) is 0 Å². The lowest BCUT2D eigenvalue weighted by molar-refractivity contribution is 0.227. The topological polar surface area (TPSA) is 41.1 Å². The van der Waals surface area contributed by atoms with Crippen LogP contribution in [0.2, 0.25) is 0 Å². The maximum absolute atomic E-state index is 11.4. The van der Waals surface area contributed by atoms with Crippen LogP contribution in [-0.4, -0.2) is 18.6 Å². The molecule has 0 atom stereocenters. The Morgan fingerprint density at radius 2 is 1.47 bits per heavy atom. The molecule has 3 nitrogen and oxygen atoms in total. The molecule has 0 unspecified atom stereocenters. The molecular formula is C12H26N2O. The predicted octanol–water partition coefficient (Wildman–Crippen LogP) is 2.62. The van der Waals surface area contributed by atoms with Crippen molar-refractivity contribution < 1.29 is 4.79 Å². The summed E-state index contributed by atoms with van der Waals surface area (Å²) in [4.78, 5) is 11.4. The summed E-state index contributed by atoms with van der Waals surface area (Å²) in [5.74, 6) is 1.75. The molecule has 0 aromatic heterocycles. The second kappa shape index (κ2) is 6.70. The number of nitrogens with one attached hydrogen (secondary N) is 2. The molecule has 0 heterocycles. The molecule has 0 radical (unpaired) electrons. The molecule has 0 aliphatic heterocycles. The molecule has 0 fully saturated rings. The first-order valence-corrected chi connectivity index (χ1v) is 5.89. The number of hydrogen-bond donors (Lipinski definition) is 2. The summed E-state index contributed by atoms with van der Waals surface area (Å²) in [6.45, 7) is 13.5. The van der Waals surface area contributed by atoms with Crippen molar-refractivity contribution in [3.05, 3.63) is 0 Å². The Morgan fingerprint density at radius 1 is 1.00 bits per heavy atom. The quantitative estimate of drug-likeness (QED) is 0.725. The van der Waals surface area contributed by atoms with E-state index in [9.17, 15) is 4.79 Å². The van der Waals surface area contributed by atoms with Crippen LogP contribution in [0.4, 0.5) is 4.79 Å². The summed E-state index contributed by atoms with van der Waals surface area (Å²) >= 11 is 0. The number of urea groups is 1. The molecule has 2 N–H and O–H groups in total. The Balaban J connectivity index is 3.95. The summed E-state index contributed by atoms with van der Waals surface area (Å²) < 4.78 is 0. The molecule has 0 aliphatic carbocycles. The van der Waals surface area contributed by atoms with Crippen LogP contribution in [0.25, 0.3) is 0 Å². The lowest BCUT2D eigenvalue weighted by Crippen LogP contribution is -2.42. The third-order valence-electron chi connectivity index (χ3n) is 2.63. The van der Waals surface area contributed by atoms with Gasteiger partial charge in [0, 0.05) is 12.6 Å². The van der Waals surface area contributed by atoms with Gasteiger partial charge in [-0.2, -0.15) is 0 Å². The highest BCUT2D eigenvalue weighted by molar-refractivity contribution is 5.74. The Labute approximate surface area is 94.0 Å². The highest BCUT2D eigenvalue weighted by Crippen LogP contribution is 2.19. The van der Waals surface area contributed by atoms with E-state index in [2.05, 4.69) is 38.3 Å². The fourth-order valence-corrected chi connectivity index (χ4v) is 1.76. The second-order valence-electron chi connectivity index (χ2n) is 5.16. The van der Waals surface area contributed by atoms with Crippen LogP contribution < -0.4 is 10.6 Å². The van der Waals surface area contributed by atoms with Gasteiger partial charge in [-0.25, -0.2) is 4.79 Å². The molecule has 0 saturated heterocycles. The number of hydrogen-bond acceptors (Lipinski definition) is 1. The summed E-state index contributed by atoms with van der Waals surface area (Å²) in [5, 5.41) is 5.75. The number of amides is 2. The Hall–Kier alpha value is -0.730. The third kappa shape index (κ3) is 6.37. The zero-order chi connectivity index (χ0) is 12.0. The van der Waals surface area contributed by atoms with Crippen LogP contribution in [0.5, 0.6) is 0 Å². The average Bonchev–Trinajstić information content (AvgIpc) is 2.00. The van der Waals surface area contributed by atoms with Crippen LogP contribution in [0, 0.1) is 17.8 Å². The zero-order valence-electron chi connectivity index (χ0n) is 10.9. The Kier molecular flexibility index (Phi) is 6.37. The molecule has 2 amide bonds. The van der Waals surface area contributed by atoms with Crippen molar-refractivity contribution in [2.75, 3.05) is 6.54 Å². The highest BCUT2D eigenvalue weighted by atomic mass is 16.2. The van der Waals surface area contributed by atoms with E-state index in [4.69, 9.17) is 0 Å². The van der Waals surface area contributed by atoms with E-state index in [1.807, 2.05) is 13.8 Å². The molecule has 0 bridgehead atoms. The van der Waals surface area contributed by atoms with Crippen molar-refractivity contribution in [2.45, 2.75) is 47.6 Å². The van der Waals surface area contributed by atoms with Gasteiger partial charge in [0.25, 0.3) is 0 Å². The largest absolute Gasteiger partial charge is 0.338 e. The van der Waals surface area contributed by atoms with Crippen molar-refractivity contribution >= 4 is 6.03 Å². The fraction of sp³-hybridized carbons (Fsp3) is 0.917. The lowest BCUT2D eigenvalue weighted by atomic mass is 9.85. The van der Waals surface area contributed by atoms with E-state index >= 15 is 0 Å². The van der Waals surface area contributed by atoms with Gasteiger partial charge in [0.2, 0.25) is 0 Å². The maximum atomic E-state index is 11.4. The Morgan fingerprint density at radius 3 is 1.80 bits per heavy atom. The summed E-state index contributed by atoms with van der Waals surface area (Å²) in [6.07, 6.45) is 0. The van der Waals surface area contributed by atoms with E-state index < -0.39 is 0 Å². The van der Waals surface area contributed by atoms with Gasteiger partial charge in [0.05, 0.1) is 0 Å². The van der Waals surface area contributed by atoms with Crippen molar-refractivity contribution in [2.24, 2.45) is 17.8 Å². The molecule has 3 heteroatoms. The maximum Gasteiger partial charge on any atom is 0.314 e. The monoisotopic (exact) mass is 214 g/mol. The van der Waals surface area contributed by atoms with Gasteiger partial charge < -0.3 is 10.6 Å². The minimum absolute atomic E-state index is 0.0590. The van der Waals surface area contributed by atoms with Gasteiger partial charge in [0.1, 0.15) is 0 Å². The van der Waals surface area contributed by atoms with Crippen molar-refractivity contribution in [3.8, 4) is 0 Å². The molecule has 15 heavy (non-hydrogen) atoms. The van der Waals surface area contributed by atoms with Gasteiger partial charge in [0.15, 0.2) is 0 Å². The smallest absolute Gasteiger partial charge is 0.314 e. The number of rotatable bonds is 5. The molecular weight excluding hydrogens is 188 g/mol. The summed E-state index contributed by atoms with van der Waals surface area (Å²) in [7, 11) is 0. The summed E-state index contributed by atoms with van der Waals surface area (Å²) in [6, 6.07) is 0.137. The number of carbonyl (C=O) groups excluding carboxylic acids is 1. The molecule has 0 aliphatic rings. The van der Waals surface area contributed by atoms with Crippen LogP contribution in [0.1, 0.15) is 41.5 Å². The van der Waals surface area contributed by atoms with Gasteiger partial charge in [-0.1, -0.05) is 27.7 Å². The van der Waals surface area contributed by atoms with Crippen molar-refractivity contribution in [1.29, 1.82) is 0 Å². The van der Waals surface area contributed by atoms with Crippen molar-refractivity contribution in [1.82, 2.24) is 10.6 Å². The number of carbonyl (C=O) groups is 1. The first-order chi connectivity index (χ1) is 6.84. The van der Waals surface area contributed by atoms with Crippen LogP contribution in [-0.2, 0) is 0 Å². The molecule has 0 aromatic rings. The average molecular weight is 214 g/mol. The first-order valence-electron chi connectivity index (χ1n) is 5.89. The third-order valence-corrected chi connectivity index (χ3v) is 2.63. The van der Waals surface area contributed by atoms with Gasteiger partial charge >= 0.3 is 6.03 Å². The van der Waals surface area contributed by atoms with E-state index in [-0.39, 0.29) is 12.1 Å². The van der Waals surface area contributed by atoms with E-state index in [0.29, 0.717) is 17.8 Å². The van der Waals surface area contributed by atoms with Gasteiger partial charge in [-0.3, -0.25) is 0 Å². The van der Waals surface area contributed by atoms with E-state index in [0.717, 1.165) is 6.54 Å². The van der Waals surface area contributed by atoms with Gasteiger partial charge in [-0.05, 0) is 31.6 Å². The summed E-state index contributed by atoms with van der Waals surface area (Å²) in [5.41, 5.74) is 0. The minimum atomic E-state index is -0.0590. The second-order valence-corrected chi connectivity index (χ2v) is 5.16. The first kappa shape index (κ1) is 14.3. The normalized spacial score (nSPS) is 11.6. The molecule has 90 valence electrons. The van der Waals surface area contributed by atoms with E-state index in [1.54, 1.807) is 0 Å². The minimum Gasteiger partial charge on any atom is -0.338 e. The van der Waals surface area contributed by atoms with Crippen LogP contribution in [0.3, 0.4) is 0 Å². The fourth-order valence-electron chi connectivity index (χ4n) is 1.76.